The molecule has 1 fully saturated rings. The summed E-state index contributed by atoms with van der Waals surface area (Å²) in [6, 6.07) is 0. The highest BCUT2D eigenvalue weighted by Crippen LogP contribution is 2.30. The highest BCUT2D eigenvalue weighted by molar-refractivity contribution is 5.68. The van der Waals surface area contributed by atoms with Crippen LogP contribution < -0.4 is 0 Å². The Balaban J connectivity index is 2.41. The van der Waals surface area contributed by atoms with Crippen LogP contribution >= 0.6 is 0 Å². The van der Waals surface area contributed by atoms with Gasteiger partial charge in [-0.15, -0.1) is 0 Å². The van der Waals surface area contributed by atoms with E-state index in [1.165, 1.54) is 0 Å². The lowest BCUT2D eigenvalue weighted by Gasteiger charge is -2.41. The molecule has 0 atom stereocenters. The maximum atomic E-state index is 12.1. The number of carbonyl (C=O) groups is 1. The third kappa shape index (κ3) is 6.53. The predicted octanol–water partition coefficient (Wildman–Crippen LogP) is 3.61. The summed E-state index contributed by atoms with van der Waals surface area (Å²) >= 11 is 0. The molecule has 1 amide bonds. The van der Waals surface area contributed by atoms with Crippen molar-refractivity contribution in [1.29, 1.82) is 0 Å². The maximum Gasteiger partial charge on any atom is 0.410 e. The first kappa shape index (κ1) is 19.2. The Morgan fingerprint density at radius 1 is 1.18 bits per heavy atom. The highest BCUT2D eigenvalue weighted by Gasteiger charge is 2.36. The zero-order valence-electron chi connectivity index (χ0n) is 15.1. The van der Waals surface area contributed by atoms with Crippen molar-refractivity contribution >= 4 is 6.09 Å². The molecule has 1 aliphatic heterocycles. The predicted molar refractivity (Wildman–Crippen MR) is 87.1 cm³/mol. The average molecular weight is 315 g/mol. The van der Waals surface area contributed by atoms with Gasteiger partial charge < -0.3 is 19.1 Å². The molecular weight excluding hydrogens is 282 g/mol. The lowest BCUT2D eigenvalue weighted by molar-refractivity contribution is -0.105. The topological polar surface area (TPSA) is 48.0 Å². The van der Waals surface area contributed by atoms with Crippen LogP contribution in [-0.4, -0.2) is 54.6 Å². The van der Waals surface area contributed by atoms with E-state index >= 15 is 0 Å². The molecule has 130 valence electrons. The van der Waals surface area contributed by atoms with Crippen LogP contribution in [0.1, 0.15) is 60.8 Å². The van der Waals surface area contributed by atoms with E-state index in [9.17, 15) is 4.79 Å². The number of carbonyl (C=O) groups excluding carboxylic acids is 1. The Hall–Kier alpha value is -0.810. The molecular formula is C17H33NO4. The first-order valence-corrected chi connectivity index (χ1v) is 8.41. The molecule has 1 aliphatic rings. The van der Waals surface area contributed by atoms with Crippen molar-refractivity contribution in [3.63, 3.8) is 0 Å². The molecule has 0 aromatic rings. The number of amides is 1. The van der Waals surface area contributed by atoms with Crippen molar-refractivity contribution in [1.82, 2.24) is 4.90 Å². The van der Waals surface area contributed by atoms with Crippen molar-refractivity contribution < 1.29 is 19.0 Å². The molecule has 0 radical (unpaired) electrons. The zero-order chi connectivity index (χ0) is 16.8. The van der Waals surface area contributed by atoms with Gasteiger partial charge >= 0.3 is 6.09 Å². The first-order valence-electron chi connectivity index (χ1n) is 8.41. The largest absolute Gasteiger partial charge is 0.444 e. The van der Waals surface area contributed by atoms with Crippen molar-refractivity contribution in [2.45, 2.75) is 78.1 Å². The normalized spacial score (nSPS) is 18.6. The minimum absolute atomic E-state index is 0.126. The van der Waals surface area contributed by atoms with Gasteiger partial charge in [0.15, 0.2) is 0 Å². The first-order chi connectivity index (χ1) is 10.2. The Bertz CT molecular complexity index is 341. The Kier molecular flexibility index (Phi) is 7.13. The monoisotopic (exact) mass is 315 g/mol. The van der Waals surface area contributed by atoms with Crippen molar-refractivity contribution in [3.8, 4) is 0 Å². The summed E-state index contributed by atoms with van der Waals surface area (Å²) in [5, 5.41) is 0. The zero-order valence-corrected chi connectivity index (χ0v) is 15.1. The van der Waals surface area contributed by atoms with E-state index in [4.69, 9.17) is 14.2 Å². The van der Waals surface area contributed by atoms with Crippen LogP contribution in [0.2, 0.25) is 0 Å². The lowest BCUT2D eigenvalue weighted by atomic mass is 9.88. The summed E-state index contributed by atoms with van der Waals surface area (Å²) in [6.45, 7) is 14.5. The van der Waals surface area contributed by atoms with Crippen LogP contribution in [0.4, 0.5) is 4.79 Å². The fraction of sp³-hybridized carbons (Fsp3) is 0.941. The van der Waals surface area contributed by atoms with Gasteiger partial charge in [-0.1, -0.05) is 6.92 Å². The Labute approximate surface area is 135 Å². The minimum Gasteiger partial charge on any atom is -0.444 e. The second-order valence-electron chi connectivity index (χ2n) is 7.27. The fourth-order valence-electron chi connectivity index (χ4n) is 2.57. The summed E-state index contributed by atoms with van der Waals surface area (Å²) in [5.41, 5.74) is -0.570. The second-order valence-corrected chi connectivity index (χ2v) is 7.27. The minimum atomic E-state index is -0.443. The lowest BCUT2D eigenvalue weighted by Crippen LogP contribution is -2.49. The Morgan fingerprint density at radius 3 is 2.23 bits per heavy atom. The molecule has 0 N–H and O–H groups in total. The van der Waals surface area contributed by atoms with E-state index in [-0.39, 0.29) is 17.8 Å². The van der Waals surface area contributed by atoms with Crippen LogP contribution in [0.5, 0.6) is 0 Å². The molecule has 0 aromatic carbocycles. The number of hydrogen-bond donors (Lipinski definition) is 0. The summed E-state index contributed by atoms with van der Waals surface area (Å²) in [4.78, 5) is 13.9. The number of piperidine rings is 1. The molecule has 22 heavy (non-hydrogen) atoms. The van der Waals surface area contributed by atoms with Crippen LogP contribution in [0.15, 0.2) is 0 Å². The number of rotatable bonds is 6. The van der Waals surface area contributed by atoms with E-state index in [1.807, 2.05) is 34.6 Å². The third-order valence-corrected chi connectivity index (χ3v) is 3.91. The average Bonchev–Trinajstić information content (AvgIpc) is 2.42. The molecule has 0 spiro atoms. The van der Waals surface area contributed by atoms with E-state index in [2.05, 4.69) is 6.92 Å². The van der Waals surface area contributed by atoms with Crippen molar-refractivity contribution in [2.24, 2.45) is 0 Å². The smallest absolute Gasteiger partial charge is 0.410 e. The molecule has 1 rings (SSSR count). The molecule has 5 heteroatoms. The molecule has 0 unspecified atom stereocenters. The maximum absolute atomic E-state index is 12.1. The summed E-state index contributed by atoms with van der Waals surface area (Å²) in [7, 11) is 0. The van der Waals surface area contributed by atoms with Gasteiger partial charge in [0.2, 0.25) is 0 Å². The Morgan fingerprint density at radius 2 is 1.77 bits per heavy atom. The quantitative estimate of drug-likeness (QED) is 0.703. The van der Waals surface area contributed by atoms with Gasteiger partial charge in [-0.3, -0.25) is 0 Å². The van der Waals surface area contributed by atoms with E-state index in [0.29, 0.717) is 26.3 Å². The second kappa shape index (κ2) is 8.16. The van der Waals surface area contributed by atoms with Gasteiger partial charge in [-0.05, 0) is 53.9 Å². The summed E-state index contributed by atoms with van der Waals surface area (Å²) in [6.07, 6.45) is 2.67. The fourth-order valence-corrected chi connectivity index (χ4v) is 2.57. The molecule has 0 bridgehead atoms. The number of hydrogen-bond acceptors (Lipinski definition) is 4. The van der Waals surface area contributed by atoms with Crippen molar-refractivity contribution in [2.75, 3.05) is 26.3 Å². The van der Waals surface area contributed by atoms with E-state index < -0.39 is 5.60 Å². The van der Waals surface area contributed by atoms with Gasteiger partial charge in [0.05, 0.1) is 24.9 Å². The number of ether oxygens (including phenoxy) is 3. The highest BCUT2D eigenvalue weighted by atomic mass is 16.6. The van der Waals surface area contributed by atoms with E-state index in [0.717, 1.165) is 19.3 Å². The van der Waals surface area contributed by atoms with Crippen LogP contribution in [-0.2, 0) is 14.2 Å². The summed E-state index contributed by atoms with van der Waals surface area (Å²) < 4.78 is 17.1. The van der Waals surface area contributed by atoms with Gasteiger partial charge in [0.1, 0.15) is 5.60 Å². The third-order valence-electron chi connectivity index (χ3n) is 3.91. The SMILES string of the molecule is CCC1(OCCOC(C)C)CCN(C(=O)OC(C)(C)C)CC1. The standard InChI is InChI=1S/C17H33NO4/c1-7-17(21-13-12-20-14(2)3)8-10-18(11-9-17)15(19)22-16(4,5)6/h14H,7-13H2,1-6H3. The molecule has 1 heterocycles. The molecule has 5 nitrogen and oxygen atoms in total. The number of nitrogens with zero attached hydrogens (tertiary/aromatic N) is 1. The van der Waals surface area contributed by atoms with Crippen LogP contribution in [0.3, 0.4) is 0 Å². The molecule has 1 saturated heterocycles. The molecule has 0 aromatic heterocycles. The van der Waals surface area contributed by atoms with Gasteiger partial charge in [0, 0.05) is 13.1 Å². The molecule has 0 aliphatic carbocycles. The summed E-state index contributed by atoms with van der Waals surface area (Å²) in [5.74, 6) is 0. The van der Waals surface area contributed by atoms with Gasteiger partial charge in [0.25, 0.3) is 0 Å². The van der Waals surface area contributed by atoms with Gasteiger partial charge in [-0.2, -0.15) is 0 Å². The van der Waals surface area contributed by atoms with Crippen LogP contribution in [0.25, 0.3) is 0 Å². The van der Waals surface area contributed by atoms with Crippen molar-refractivity contribution in [3.05, 3.63) is 0 Å². The molecule has 0 saturated carbocycles. The number of likely N-dealkylation sites (tertiary alicyclic amines) is 1. The van der Waals surface area contributed by atoms with E-state index in [1.54, 1.807) is 4.90 Å². The van der Waals surface area contributed by atoms with Gasteiger partial charge in [-0.25, -0.2) is 4.79 Å². The van der Waals surface area contributed by atoms with Crippen LogP contribution in [0, 0.1) is 0 Å².